The number of nitro benzene ring substituents is 1. The fourth-order valence-electron chi connectivity index (χ4n) is 3.46. The number of nitro groups is 1. The van der Waals surface area contributed by atoms with Gasteiger partial charge in [0.25, 0.3) is 11.6 Å². The zero-order valence-corrected chi connectivity index (χ0v) is 19.0. The first-order valence-corrected chi connectivity index (χ1v) is 10.9. The molecule has 0 aliphatic carbocycles. The van der Waals surface area contributed by atoms with Gasteiger partial charge in [-0.3, -0.25) is 14.9 Å². The van der Waals surface area contributed by atoms with E-state index in [4.69, 9.17) is 16.3 Å². The molecule has 0 fully saturated rings. The number of nitrogens with zero attached hydrogens (tertiary/aromatic N) is 2. The maximum atomic E-state index is 12.5. The lowest BCUT2D eigenvalue weighted by molar-refractivity contribution is -0.384. The Morgan fingerprint density at radius 1 is 1.06 bits per heavy atom. The Balaban J connectivity index is 1.43. The summed E-state index contributed by atoms with van der Waals surface area (Å²) in [6.45, 7) is 0.401. The summed E-state index contributed by atoms with van der Waals surface area (Å²) in [7, 11) is 0. The standard InChI is InChI=1S/C27H18ClN3O4/c28-25-15-22(31(33)34)10-13-26(25)30-27(32)21(16-29)14-18-8-11-23(12-9-18)35-17-20-6-3-5-19-4-1-2-7-24(19)20/h1-15H,17H2,(H,30,32)/b21-14+. The second kappa shape index (κ2) is 10.5. The molecule has 0 atom stereocenters. The lowest BCUT2D eigenvalue weighted by Gasteiger charge is -2.09. The van der Waals surface area contributed by atoms with Crippen molar-refractivity contribution >= 4 is 45.7 Å². The number of nitrogens with one attached hydrogen (secondary N) is 1. The van der Waals surface area contributed by atoms with Crippen LogP contribution in [0.1, 0.15) is 11.1 Å². The average Bonchev–Trinajstić information content (AvgIpc) is 2.87. The SMILES string of the molecule is N#C/C(=C\c1ccc(OCc2cccc3ccccc23)cc1)C(=O)Nc1ccc([N+](=O)[O-])cc1Cl. The lowest BCUT2D eigenvalue weighted by atomic mass is 10.1. The molecule has 0 saturated carbocycles. The quantitative estimate of drug-likeness (QED) is 0.139. The molecule has 1 amide bonds. The molecule has 0 aliphatic heterocycles. The molecule has 0 aliphatic rings. The van der Waals surface area contributed by atoms with Crippen LogP contribution in [0.2, 0.25) is 5.02 Å². The van der Waals surface area contributed by atoms with Gasteiger partial charge in [-0.2, -0.15) is 5.26 Å². The molecule has 0 bridgehead atoms. The molecule has 172 valence electrons. The normalized spacial score (nSPS) is 11.0. The summed E-state index contributed by atoms with van der Waals surface area (Å²) in [6, 6.07) is 26.7. The molecule has 8 heteroatoms. The van der Waals surface area contributed by atoms with Gasteiger partial charge in [0.1, 0.15) is 24.0 Å². The first kappa shape index (κ1) is 23.5. The van der Waals surface area contributed by atoms with Crippen LogP contribution in [-0.2, 0) is 11.4 Å². The summed E-state index contributed by atoms with van der Waals surface area (Å²) < 4.78 is 5.92. The van der Waals surface area contributed by atoms with Crippen molar-refractivity contribution in [2.45, 2.75) is 6.61 Å². The van der Waals surface area contributed by atoms with Gasteiger partial charge in [0, 0.05) is 12.1 Å². The van der Waals surface area contributed by atoms with Crippen molar-refractivity contribution in [1.82, 2.24) is 0 Å². The van der Waals surface area contributed by atoms with Crippen molar-refractivity contribution < 1.29 is 14.5 Å². The van der Waals surface area contributed by atoms with Gasteiger partial charge in [0.15, 0.2) is 0 Å². The molecular weight excluding hydrogens is 466 g/mol. The number of anilines is 1. The number of carbonyl (C=O) groups is 1. The van der Waals surface area contributed by atoms with E-state index in [2.05, 4.69) is 23.5 Å². The third-order valence-electron chi connectivity index (χ3n) is 5.24. The molecule has 4 aromatic carbocycles. The molecule has 0 heterocycles. The highest BCUT2D eigenvalue weighted by molar-refractivity contribution is 6.34. The predicted octanol–water partition coefficient (Wildman–Crippen LogP) is 6.53. The number of non-ortho nitro benzene ring substituents is 1. The van der Waals surface area contributed by atoms with Crippen LogP contribution in [0.5, 0.6) is 5.75 Å². The van der Waals surface area contributed by atoms with Crippen LogP contribution in [0.4, 0.5) is 11.4 Å². The van der Waals surface area contributed by atoms with Crippen molar-refractivity contribution in [2.24, 2.45) is 0 Å². The van der Waals surface area contributed by atoms with E-state index in [1.165, 1.54) is 18.2 Å². The van der Waals surface area contributed by atoms with Crippen LogP contribution < -0.4 is 10.1 Å². The topological polar surface area (TPSA) is 105 Å². The first-order valence-electron chi connectivity index (χ1n) is 10.5. The Bertz CT molecular complexity index is 1490. The Labute approximate surface area is 206 Å². The van der Waals surface area contributed by atoms with Crippen LogP contribution in [-0.4, -0.2) is 10.8 Å². The molecular formula is C27H18ClN3O4. The summed E-state index contributed by atoms with van der Waals surface area (Å²) in [4.78, 5) is 22.8. The monoisotopic (exact) mass is 483 g/mol. The minimum Gasteiger partial charge on any atom is -0.489 e. The van der Waals surface area contributed by atoms with Gasteiger partial charge in [-0.25, -0.2) is 0 Å². The van der Waals surface area contributed by atoms with E-state index in [1.807, 2.05) is 30.3 Å². The smallest absolute Gasteiger partial charge is 0.271 e. The highest BCUT2D eigenvalue weighted by atomic mass is 35.5. The van der Waals surface area contributed by atoms with E-state index < -0.39 is 10.8 Å². The summed E-state index contributed by atoms with van der Waals surface area (Å²) in [5, 5.41) is 25.1. The van der Waals surface area contributed by atoms with Crippen LogP contribution in [0.25, 0.3) is 16.8 Å². The fraction of sp³-hybridized carbons (Fsp3) is 0.0370. The highest BCUT2D eigenvalue weighted by Gasteiger charge is 2.14. The van der Waals surface area contributed by atoms with Gasteiger partial charge in [-0.15, -0.1) is 0 Å². The summed E-state index contributed by atoms with van der Waals surface area (Å²) in [6.07, 6.45) is 1.43. The zero-order chi connectivity index (χ0) is 24.8. The number of halogens is 1. The summed E-state index contributed by atoms with van der Waals surface area (Å²) in [5.74, 6) is -0.0322. The van der Waals surface area contributed by atoms with E-state index >= 15 is 0 Å². The maximum absolute atomic E-state index is 12.5. The van der Waals surface area contributed by atoms with Crippen molar-refractivity contribution in [2.75, 3.05) is 5.32 Å². The third kappa shape index (κ3) is 5.64. The van der Waals surface area contributed by atoms with Crippen molar-refractivity contribution in [3.63, 3.8) is 0 Å². The van der Waals surface area contributed by atoms with Crippen LogP contribution >= 0.6 is 11.6 Å². The van der Waals surface area contributed by atoms with Gasteiger partial charge in [-0.1, -0.05) is 66.2 Å². The largest absolute Gasteiger partial charge is 0.489 e. The number of hydrogen-bond donors (Lipinski definition) is 1. The maximum Gasteiger partial charge on any atom is 0.271 e. The van der Waals surface area contributed by atoms with E-state index in [-0.39, 0.29) is 22.0 Å². The van der Waals surface area contributed by atoms with Crippen molar-refractivity contribution in [3.05, 3.63) is 117 Å². The fourth-order valence-corrected chi connectivity index (χ4v) is 3.69. The minimum absolute atomic E-state index is 0.00228. The van der Waals surface area contributed by atoms with Crippen LogP contribution in [0, 0.1) is 21.4 Å². The van der Waals surface area contributed by atoms with Gasteiger partial charge >= 0.3 is 0 Å². The molecule has 0 spiro atoms. The Kier molecular flexibility index (Phi) is 7.05. The minimum atomic E-state index is -0.681. The number of rotatable bonds is 7. The molecule has 1 N–H and O–H groups in total. The Morgan fingerprint density at radius 3 is 2.51 bits per heavy atom. The predicted molar refractivity (Wildman–Crippen MR) is 135 cm³/mol. The number of nitriles is 1. The van der Waals surface area contributed by atoms with E-state index in [0.29, 0.717) is 17.9 Å². The Morgan fingerprint density at radius 2 is 1.80 bits per heavy atom. The molecule has 0 aromatic heterocycles. The molecule has 0 saturated heterocycles. The van der Waals surface area contributed by atoms with Crippen LogP contribution in [0.3, 0.4) is 0 Å². The number of amides is 1. The van der Waals surface area contributed by atoms with Gasteiger partial charge < -0.3 is 10.1 Å². The van der Waals surface area contributed by atoms with E-state index in [0.717, 1.165) is 22.4 Å². The van der Waals surface area contributed by atoms with E-state index in [9.17, 15) is 20.2 Å². The van der Waals surface area contributed by atoms with Gasteiger partial charge in [0.05, 0.1) is 15.6 Å². The number of carbonyl (C=O) groups excluding carboxylic acids is 1. The molecule has 0 radical (unpaired) electrons. The second-order valence-corrected chi connectivity index (χ2v) is 7.95. The highest BCUT2D eigenvalue weighted by Crippen LogP contribution is 2.27. The van der Waals surface area contributed by atoms with E-state index in [1.54, 1.807) is 24.3 Å². The van der Waals surface area contributed by atoms with Gasteiger partial charge in [0.2, 0.25) is 0 Å². The average molecular weight is 484 g/mol. The molecule has 4 aromatic rings. The van der Waals surface area contributed by atoms with Crippen molar-refractivity contribution in [3.8, 4) is 11.8 Å². The molecule has 7 nitrogen and oxygen atoms in total. The number of hydrogen-bond acceptors (Lipinski definition) is 5. The summed E-state index contributed by atoms with van der Waals surface area (Å²) >= 11 is 6.01. The summed E-state index contributed by atoms with van der Waals surface area (Å²) in [5.41, 5.74) is 1.51. The number of ether oxygens (including phenoxy) is 1. The molecule has 35 heavy (non-hydrogen) atoms. The number of benzene rings is 4. The Hall–Kier alpha value is -4.67. The lowest BCUT2D eigenvalue weighted by Crippen LogP contribution is -2.13. The zero-order valence-electron chi connectivity index (χ0n) is 18.3. The third-order valence-corrected chi connectivity index (χ3v) is 5.55. The van der Waals surface area contributed by atoms with Gasteiger partial charge in [-0.05, 0) is 46.2 Å². The molecule has 0 unspecified atom stereocenters. The van der Waals surface area contributed by atoms with Crippen molar-refractivity contribution in [1.29, 1.82) is 5.26 Å². The first-order chi connectivity index (χ1) is 16.9. The molecule has 4 rings (SSSR count). The van der Waals surface area contributed by atoms with Crippen LogP contribution in [0.15, 0.2) is 90.5 Å². The second-order valence-electron chi connectivity index (χ2n) is 7.54. The number of fused-ring (bicyclic) bond motifs is 1.